The largest absolute Gasteiger partial charge is 0.481 e. The maximum Gasteiger partial charge on any atom is 0.319 e. The Morgan fingerprint density at radius 1 is 1.18 bits per heavy atom. The standard InChI is InChI=1S/C23H25NO4/c1-15-11-17-12-19-18(9-10-20(24-19)26-2)23(13-15,22(25)27-3)21(17)28-14-16-7-5-4-6-8-16/h4-10,17,21H,1,11-14H2,2-3H3/t17-,21-,23-/m0/s1. The Morgan fingerprint density at radius 2 is 1.96 bits per heavy atom. The molecule has 0 saturated heterocycles. The summed E-state index contributed by atoms with van der Waals surface area (Å²) < 4.78 is 17.0. The zero-order valence-electron chi connectivity index (χ0n) is 16.3. The number of fused-ring (bicyclic) bond motifs is 4. The Balaban J connectivity index is 1.78. The van der Waals surface area contributed by atoms with Gasteiger partial charge < -0.3 is 14.2 Å². The Labute approximate surface area is 165 Å². The minimum absolute atomic E-state index is 0.121. The number of aromatic nitrogens is 1. The van der Waals surface area contributed by atoms with Gasteiger partial charge in [-0.15, -0.1) is 0 Å². The third kappa shape index (κ3) is 3.00. The van der Waals surface area contributed by atoms with Crippen LogP contribution >= 0.6 is 0 Å². The maximum atomic E-state index is 13.2. The number of esters is 1. The lowest BCUT2D eigenvalue weighted by atomic mass is 9.57. The van der Waals surface area contributed by atoms with E-state index in [1.54, 1.807) is 13.2 Å². The molecule has 3 atom stereocenters. The van der Waals surface area contributed by atoms with Crippen molar-refractivity contribution in [2.45, 2.75) is 37.4 Å². The smallest absolute Gasteiger partial charge is 0.319 e. The lowest BCUT2D eigenvalue weighted by molar-refractivity contribution is -0.162. The molecular formula is C23H25NO4. The Bertz CT molecular complexity index is 895. The molecule has 4 rings (SSSR count). The molecule has 1 aromatic carbocycles. The monoisotopic (exact) mass is 379 g/mol. The molecule has 0 spiro atoms. The van der Waals surface area contributed by atoms with E-state index in [9.17, 15) is 4.79 Å². The zero-order chi connectivity index (χ0) is 19.7. The van der Waals surface area contributed by atoms with Crippen molar-refractivity contribution in [1.29, 1.82) is 0 Å². The van der Waals surface area contributed by atoms with Crippen molar-refractivity contribution < 1.29 is 19.0 Å². The van der Waals surface area contributed by atoms with Crippen molar-refractivity contribution in [3.63, 3.8) is 0 Å². The summed E-state index contributed by atoms with van der Waals surface area (Å²) in [6, 6.07) is 13.8. The van der Waals surface area contributed by atoms with E-state index in [0.29, 0.717) is 18.9 Å². The number of hydrogen-bond acceptors (Lipinski definition) is 5. The first-order valence-corrected chi connectivity index (χ1v) is 9.53. The topological polar surface area (TPSA) is 57.7 Å². The van der Waals surface area contributed by atoms with E-state index in [-0.39, 0.29) is 18.0 Å². The first kappa shape index (κ1) is 18.7. The fraction of sp³-hybridized carbons (Fsp3) is 0.391. The summed E-state index contributed by atoms with van der Waals surface area (Å²) in [5.41, 5.74) is 2.97. The maximum absolute atomic E-state index is 13.2. The van der Waals surface area contributed by atoms with Crippen LogP contribution in [0.1, 0.15) is 29.7 Å². The molecule has 2 aliphatic carbocycles. The van der Waals surface area contributed by atoms with Gasteiger partial charge in [0.05, 0.1) is 26.9 Å². The van der Waals surface area contributed by atoms with Gasteiger partial charge in [0.1, 0.15) is 5.41 Å². The summed E-state index contributed by atoms with van der Waals surface area (Å²) in [4.78, 5) is 17.8. The van der Waals surface area contributed by atoms with E-state index >= 15 is 0 Å². The number of allylic oxidation sites excluding steroid dienone is 1. The molecule has 146 valence electrons. The van der Waals surface area contributed by atoms with E-state index in [1.165, 1.54) is 7.11 Å². The molecule has 0 N–H and O–H groups in total. The number of pyridine rings is 1. The lowest BCUT2D eigenvalue weighted by Gasteiger charge is -2.50. The van der Waals surface area contributed by atoms with Gasteiger partial charge in [0.15, 0.2) is 0 Å². The molecule has 2 aliphatic rings. The van der Waals surface area contributed by atoms with Crippen LogP contribution in [0.4, 0.5) is 0 Å². The van der Waals surface area contributed by atoms with Crippen LogP contribution in [0.25, 0.3) is 0 Å². The zero-order valence-corrected chi connectivity index (χ0v) is 16.3. The summed E-state index contributed by atoms with van der Waals surface area (Å²) in [7, 11) is 3.03. The quantitative estimate of drug-likeness (QED) is 0.587. The molecule has 2 aromatic rings. The van der Waals surface area contributed by atoms with Gasteiger partial charge in [-0.3, -0.25) is 4.79 Å². The molecule has 5 nitrogen and oxygen atoms in total. The van der Waals surface area contributed by atoms with Crippen molar-refractivity contribution in [3.8, 4) is 5.88 Å². The van der Waals surface area contributed by atoms with E-state index in [4.69, 9.17) is 14.2 Å². The number of hydrogen-bond donors (Lipinski definition) is 0. The molecule has 0 amide bonds. The second kappa shape index (κ2) is 7.40. The number of methoxy groups -OCH3 is 2. The second-order valence-electron chi connectivity index (χ2n) is 7.62. The predicted octanol–water partition coefficient (Wildman–Crippen LogP) is 3.61. The minimum atomic E-state index is -0.920. The van der Waals surface area contributed by atoms with Gasteiger partial charge in [-0.1, -0.05) is 48.6 Å². The summed E-state index contributed by atoms with van der Waals surface area (Å²) >= 11 is 0. The van der Waals surface area contributed by atoms with E-state index < -0.39 is 5.41 Å². The van der Waals surface area contributed by atoms with Gasteiger partial charge in [-0.05, 0) is 36.3 Å². The highest BCUT2D eigenvalue weighted by atomic mass is 16.5. The molecular weight excluding hydrogens is 354 g/mol. The van der Waals surface area contributed by atoms with Gasteiger partial charge in [-0.25, -0.2) is 4.98 Å². The van der Waals surface area contributed by atoms with Crippen molar-refractivity contribution >= 4 is 5.97 Å². The fourth-order valence-electron chi connectivity index (χ4n) is 4.80. The summed E-state index contributed by atoms with van der Waals surface area (Å²) in [6.07, 6.45) is 1.77. The highest BCUT2D eigenvalue weighted by Gasteiger charge is 2.58. The van der Waals surface area contributed by atoms with Crippen molar-refractivity contribution in [2.24, 2.45) is 5.92 Å². The van der Waals surface area contributed by atoms with E-state index in [1.807, 2.05) is 36.4 Å². The molecule has 1 heterocycles. The van der Waals surface area contributed by atoms with Crippen molar-refractivity contribution in [2.75, 3.05) is 14.2 Å². The van der Waals surface area contributed by atoms with Gasteiger partial charge in [0.2, 0.25) is 5.88 Å². The van der Waals surface area contributed by atoms with E-state index in [2.05, 4.69) is 11.6 Å². The van der Waals surface area contributed by atoms with Gasteiger partial charge >= 0.3 is 5.97 Å². The molecule has 1 aromatic heterocycles. The third-order valence-electron chi connectivity index (χ3n) is 5.91. The summed E-state index contributed by atoms with van der Waals surface area (Å²) in [5.74, 6) is 0.389. The average Bonchev–Trinajstić information content (AvgIpc) is 2.72. The molecule has 1 saturated carbocycles. The van der Waals surface area contributed by atoms with Crippen LogP contribution in [0.5, 0.6) is 5.88 Å². The SMILES string of the molecule is C=C1C[C@H]2Cc3nc(OC)ccc3[C@@](C(=O)OC)(C1)[C@H]2OCc1ccccc1. The minimum Gasteiger partial charge on any atom is -0.481 e. The van der Waals surface area contributed by atoms with Crippen LogP contribution in [-0.4, -0.2) is 31.3 Å². The highest BCUT2D eigenvalue weighted by Crippen LogP contribution is 2.52. The van der Waals surface area contributed by atoms with Crippen LogP contribution in [0.2, 0.25) is 0 Å². The van der Waals surface area contributed by atoms with Crippen LogP contribution in [-0.2, 0) is 32.7 Å². The van der Waals surface area contributed by atoms with Crippen molar-refractivity contribution in [1.82, 2.24) is 4.98 Å². The first-order chi connectivity index (χ1) is 13.6. The normalized spacial score (nSPS) is 25.7. The average molecular weight is 379 g/mol. The predicted molar refractivity (Wildman–Crippen MR) is 105 cm³/mol. The van der Waals surface area contributed by atoms with Crippen molar-refractivity contribution in [3.05, 3.63) is 71.4 Å². The molecule has 0 radical (unpaired) electrons. The Morgan fingerprint density at radius 3 is 2.68 bits per heavy atom. The van der Waals surface area contributed by atoms with Crippen LogP contribution < -0.4 is 4.74 Å². The molecule has 1 fully saturated rings. The molecule has 0 unspecified atom stereocenters. The molecule has 28 heavy (non-hydrogen) atoms. The highest BCUT2D eigenvalue weighted by molar-refractivity contribution is 5.86. The van der Waals surface area contributed by atoms with Gasteiger partial charge in [0, 0.05) is 11.8 Å². The van der Waals surface area contributed by atoms with Gasteiger partial charge in [-0.2, -0.15) is 0 Å². The first-order valence-electron chi connectivity index (χ1n) is 9.53. The molecule has 2 bridgehead atoms. The lowest BCUT2D eigenvalue weighted by Crippen LogP contribution is -2.58. The number of ether oxygens (including phenoxy) is 3. The number of carbonyl (C=O) groups is 1. The molecule has 5 heteroatoms. The summed E-state index contributed by atoms with van der Waals surface area (Å²) in [5, 5.41) is 0. The van der Waals surface area contributed by atoms with E-state index in [0.717, 1.165) is 35.2 Å². The number of benzene rings is 1. The van der Waals surface area contributed by atoms with Crippen LogP contribution in [0.3, 0.4) is 0 Å². The molecule has 0 aliphatic heterocycles. The number of nitrogens with zero attached hydrogens (tertiary/aromatic N) is 1. The number of carbonyl (C=O) groups excluding carboxylic acids is 1. The second-order valence-corrected chi connectivity index (χ2v) is 7.62. The Hall–Kier alpha value is -2.66. The third-order valence-corrected chi connectivity index (χ3v) is 5.91. The fourth-order valence-corrected chi connectivity index (χ4v) is 4.80. The van der Waals surface area contributed by atoms with Crippen LogP contribution in [0.15, 0.2) is 54.6 Å². The number of rotatable bonds is 5. The Kier molecular flexibility index (Phi) is 4.94. The van der Waals surface area contributed by atoms with Crippen LogP contribution in [0, 0.1) is 5.92 Å². The summed E-state index contributed by atoms with van der Waals surface area (Å²) in [6.45, 7) is 4.66. The van der Waals surface area contributed by atoms with Gasteiger partial charge in [0.25, 0.3) is 0 Å².